The Kier molecular flexibility index (Phi) is 1.68. The smallest absolute Gasteiger partial charge is 0.133 e. The molecule has 0 bridgehead atoms. The van der Waals surface area contributed by atoms with Crippen LogP contribution < -0.4 is 5.46 Å². The van der Waals surface area contributed by atoms with Gasteiger partial charge < -0.3 is 4.42 Å². The fourth-order valence-electron chi connectivity index (χ4n) is 1.38. The first kappa shape index (κ1) is 7.47. The number of furan rings is 1. The Balaban J connectivity index is 2.78. The Morgan fingerprint density at radius 1 is 1.33 bits per heavy atom. The van der Waals surface area contributed by atoms with Gasteiger partial charge in [0.2, 0.25) is 0 Å². The molecule has 0 saturated heterocycles. The molecule has 0 aliphatic heterocycles. The van der Waals surface area contributed by atoms with E-state index in [9.17, 15) is 0 Å². The Bertz CT molecular complexity index is 403. The fraction of sp³-hybridized carbons (Fsp3) is 0.200. The molecule has 58 valence electrons. The summed E-state index contributed by atoms with van der Waals surface area (Å²) in [6.07, 6.45) is 0.848. The van der Waals surface area contributed by atoms with Crippen LogP contribution in [0.1, 0.15) is 12.7 Å². The first-order valence-corrected chi connectivity index (χ1v) is 4.08. The molecule has 1 aromatic heterocycles. The van der Waals surface area contributed by atoms with Crippen molar-refractivity contribution in [1.82, 2.24) is 0 Å². The van der Waals surface area contributed by atoms with Crippen LogP contribution in [-0.4, -0.2) is 7.85 Å². The second-order valence-corrected chi connectivity index (χ2v) is 2.79. The molecular weight excluding hydrogens is 147 g/mol. The zero-order chi connectivity index (χ0) is 8.55. The number of fused-ring (bicyclic) bond motifs is 1. The third-order valence-corrected chi connectivity index (χ3v) is 2.03. The van der Waals surface area contributed by atoms with E-state index in [1.807, 2.05) is 31.2 Å². The topological polar surface area (TPSA) is 13.1 Å². The number of rotatable bonds is 1. The van der Waals surface area contributed by atoms with Crippen LogP contribution in [0.2, 0.25) is 0 Å². The highest BCUT2D eigenvalue weighted by Crippen LogP contribution is 2.15. The number of aryl methyl sites for hydroxylation is 1. The number of para-hydroxylation sites is 1. The minimum absolute atomic E-state index is 0.785. The van der Waals surface area contributed by atoms with Crippen molar-refractivity contribution in [2.75, 3.05) is 0 Å². The van der Waals surface area contributed by atoms with Gasteiger partial charge in [-0.3, -0.25) is 0 Å². The third-order valence-electron chi connectivity index (χ3n) is 2.03. The lowest BCUT2D eigenvalue weighted by Crippen LogP contribution is -2.04. The maximum atomic E-state index is 5.86. The van der Waals surface area contributed by atoms with Crippen molar-refractivity contribution < 1.29 is 4.42 Å². The highest BCUT2D eigenvalue weighted by atomic mass is 16.3. The van der Waals surface area contributed by atoms with Crippen molar-refractivity contribution in [2.24, 2.45) is 0 Å². The Morgan fingerprint density at radius 3 is 2.75 bits per heavy atom. The molecule has 0 N–H and O–H groups in total. The zero-order valence-corrected chi connectivity index (χ0v) is 7.00. The monoisotopic (exact) mass is 156 g/mol. The van der Waals surface area contributed by atoms with E-state index < -0.39 is 0 Å². The van der Waals surface area contributed by atoms with Gasteiger partial charge in [-0.1, -0.05) is 25.1 Å². The van der Waals surface area contributed by atoms with Crippen molar-refractivity contribution in [1.29, 1.82) is 0 Å². The molecule has 0 amide bonds. The van der Waals surface area contributed by atoms with Crippen LogP contribution in [0, 0.1) is 0 Å². The van der Waals surface area contributed by atoms with Gasteiger partial charge in [0.05, 0.1) is 5.76 Å². The fourth-order valence-corrected chi connectivity index (χ4v) is 1.38. The summed E-state index contributed by atoms with van der Waals surface area (Å²) in [6.45, 7) is 2.04. The summed E-state index contributed by atoms with van der Waals surface area (Å²) in [5, 5.41) is 1.02. The maximum Gasteiger partial charge on any atom is 0.133 e. The van der Waals surface area contributed by atoms with E-state index >= 15 is 0 Å². The van der Waals surface area contributed by atoms with E-state index in [1.165, 1.54) is 0 Å². The van der Waals surface area contributed by atoms with Crippen molar-refractivity contribution in [2.45, 2.75) is 13.3 Å². The quantitative estimate of drug-likeness (QED) is 0.573. The Morgan fingerprint density at radius 2 is 2.08 bits per heavy atom. The average molecular weight is 156 g/mol. The molecule has 0 fully saturated rings. The lowest BCUT2D eigenvalue weighted by molar-refractivity contribution is 0.560. The molecule has 1 nitrogen and oxygen atoms in total. The largest absolute Gasteiger partial charge is 0.462 e. The Labute approximate surface area is 72.8 Å². The third kappa shape index (κ3) is 0.952. The van der Waals surface area contributed by atoms with Crippen LogP contribution in [-0.2, 0) is 6.42 Å². The van der Waals surface area contributed by atoms with E-state index in [4.69, 9.17) is 12.3 Å². The van der Waals surface area contributed by atoms with E-state index in [2.05, 4.69) is 0 Å². The van der Waals surface area contributed by atoms with E-state index in [-0.39, 0.29) is 0 Å². The number of benzene rings is 1. The summed E-state index contributed by atoms with van der Waals surface area (Å²) in [4.78, 5) is 0. The van der Waals surface area contributed by atoms with Crippen LogP contribution in [0.5, 0.6) is 0 Å². The van der Waals surface area contributed by atoms with Crippen molar-refractivity contribution in [3.8, 4) is 0 Å². The minimum atomic E-state index is 0.785. The summed E-state index contributed by atoms with van der Waals surface area (Å²) in [5.74, 6) is 0.885. The first-order valence-electron chi connectivity index (χ1n) is 4.08. The zero-order valence-electron chi connectivity index (χ0n) is 7.00. The summed E-state index contributed by atoms with van der Waals surface area (Å²) < 4.78 is 5.52. The molecule has 12 heavy (non-hydrogen) atoms. The van der Waals surface area contributed by atoms with Gasteiger partial charge in [0.1, 0.15) is 13.4 Å². The minimum Gasteiger partial charge on any atom is -0.462 e. The second-order valence-electron chi connectivity index (χ2n) is 2.79. The highest BCUT2D eigenvalue weighted by molar-refractivity contribution is 6.39. The standard InChI is InChI=1S/C10H9BO/c1-2-8-10(11)7-5-3-4-6-9(7)12-8/h3-6H,2H2,1H3. The summed E-state index contributed by atoms with van der Waals surface area (Å²) in [6, 6.07) is 7.83. The molecule has 1 aromatic carbocycles. The van der Waals surface area contributed by atoms with Gasteiger partial charge in [0.25, 0.3) is 0 Å². The predicted octanol–water partition coefficient (Wildman–Crippen LogP) is 1.79. The molecule has 0 atom stereocenters. The maximum absolute atomic E-state index is 5.86. The molecule has 0 aliphatic carbocycles. The van der Waals surface area contributed by atoms with Gasteiger partial charge >= 0.3 is 0 Å². The molecule has 0 unspecified atom stereocenters. The molecule has 0 saturated carbocycles. The summed E-state index contributed by atoms with van der Waals surface area (Å²) >= 11 is 0. The SMILES string of the molecule is [B]c1c(CC)oc2ccccc12. The lowest BCUT2D eigenvalue weighted by Gasteiger charge is -1.89. The van der Waals surface area contributed by atoms with Gasteiger partial charge in [0, 0.05) is 11.8 Å². The highest BCUT2D eigenvalue weighted by Gasteiger charge is 2.05. The summed E-state index contributed by atoms with van der Waals surface area (Å²) in [7, 11) is 5.86. The van der Waals surface area contributed by atoms with Gasteiger partial charge in [-0.15, -0.1) is 0 Å². The molecule has 2 radical (unpaired) electrons. The normalized spacial score (nSPS) is 10.8. The predicted molar refractivity (Wildman–Crippen MR) is 51.0 cm³/mol. The molecular formula is C10H9BO. The number of hydrogen-bond acceptors (Lipinski definition) is 1. The number of hydrogen-bond donors (Lipinski definition) is 0. The van der Waals surface area contributed by atoms with E-state index in [0.29, 0.717) is 0 Å². The van der Waals surface area contributed by atoms with Crippen LogP contribution in [0.4, 0.5) is 0 Å². The van der Waals surface area contributed by atoms with Crippen molar-refractivity contribution in [3.63, 3.8) is 0 Å². The van der Waals surface area contributed by atoms with Crippen LogP contribution in [0.15, 0.2) is 28.7 Å². The molecule has 2 aromatic rings. The van der Waals surface area contributed by atoms with E-state index in [1.54, 1.807) is 0 Å². The molecule has 0 spiro atoms. The van der Waals surface area contributed by atoms with Crippen LogP contribution in [0.25, 0.3) is 11.0 Å². The first-order chi connectivity index (χ1) is 5.83. The molecule has 0 aliphatic rings. The van der Waals surface area contributed by atoms with Gasteiger partial charge in [0.15, 0.2) is 0 Å². The average Bonchev–Trinajstić information content (AvgIpc) is 2.44. The van der Waals surface area contributed by atoms with Crippen LogP contribution >= 0.6 is 0 Å². The molecule has 1 heterocycles. The van der Waals surface area contributed by atoms with E-state index in [0.717, 1.165) is 28.6 Å². The van der Waals surface area contributed by atoms with Crippen molar-refractivity contribution in [3.05, 3.63) is 30.0 Å². The van der Waals surface area contributed by atoms with Gasteiger partial charge in [-0.25, -0.2) is 0 Å². The van der Waals surface area contributed by atoms with Crippen molar-refractivity contribution >= 4 is 24.3 Å². The molecule has 2 heteroatoms. The second kappa shape index (κ2) is 2.70. The van der Waals surface area contributed by atoms with Crippen LogP contribution in [0.3, 0.4) is 0 Å². The van der Waals surface area contributed by atoms with Gasteiger partial charge in [-0.2, -0.15) is 0 Å². The lowest BCUT2D eigenvalue weighted by atomic mass is 9.92. The molecule has 2 rings (SSSR count). The summed E-state index contributed by atoms with van der Waals surface area (Å²) in [5.41, 5.74) is 1.67. The van der Waals surface area contributed by atoms with Gasteiger partial charge in [-0.05, 0) is 11.5 Å². The Hall–Kier alpha value is -1.18.